The summed E-state index contributed by atoms with van der Waals surface area (Å²) in [5.41, 5.74) is 0.276. The van der Waals surface area contributed by atoms with Gasteiger partial charge in [0.25, 0.3) is 0 Å². The standard InChI is InChI=1S/C17H26FN3O2/c1-17(2,21-10-8-19-9-11-21)16(22)20-12-15(23-3)13-4-6-14(18)7-5-13/h4-7,15,19H,8-12H2,1-3H3,(H,20,22)/t15-/m1/s1. The zero-order valence-electron chi connectivity index (χ0n) is 14.1. The lowest BCUT2D eigenvalue weighted by molar-refractivity contribution is -0.132. The highest BCUT2D eigenvalue weighted by molar-refractivity contribution is 5.85. The lowest BCUT2D eigenvalue weighted by atomic mass is 10.00. The second-order valence-corrected chi connectivity index (χ2v) is 6.28. The van der Waals surface area contributed by atoms with Crippen LogP contribution in [0.3, 0.4) is 0 Å². The highest BCUT2D eigenvalue weighted by Crippen LogP contribution is 2.18. The number of piperazine rings is 1. The quantitative estimate of drug-likeness (QED) is 0.829. The predicted molar refractivity (Wildman–Crippen MR) is 87.7 cm³/mol. The lowest BCUT2D eigenvalue weighted by Crippen LogP contribution is -2.60. The summed E-state index contributed by atoms with van der Waals surface area (Å²) in [5.74, 6) is -0.309. The van der Waals surface area contributed by atoms with Crippen LogP contribution in [0.1, 0.15) is 25.5 Å². The molecule has 0 aromatic heterocycles. The molecule has 0 saturated carbocycles. The van der Waals surface area contributed by atoms with E-state index >= 15 is 0 Å². The number of hydrogen-bond donors (Lipinski definition) is 2. The molecule has 1 heterocycles. The van der Waals surface area contributed by atoms with Gasteiger partial charge in [-0.05, 0) is 31.5 Å². The molecule has 0 bridgehead atoms. The minimum Gasteiger partial charge on any atom is -0.375 e. The van der Waals surface area contributed by atoms with Crippen LogP contribution >= 0.6 is 0 Å². The van der Waals surface area contributed by atoms with E-state index in [1.54, 1.807) is 19.2 Å². The number of halogens is 1. The van der Waals surface area contributed by atoms with E-state index in [0.717, 1.165) is 31.7 Å². The van der Waals surface area contributed by atoms with Crippen LogP contribution in [-0.4, -0.2) is 56.2 Å². The minimum atomic E-state index is -0.566. The molecule has 1 amide bonds. The zero-order valence-corrected chi connectivity index (χ0v) is 14.1. The van der Waals surface area contributed by atoms with Crippen molar-refractivity contribution < 1.29 is 13.9 Å². The number of nitrogens with one attached hydrogen (secondary N) is 2. The Balaban J connectivity index is 1.94. The molecule has 1 aliphatic rings. The number of nitrogens with zero attached hydrogens (tertiary/aromatic N) is 1. The molecule has 1 saturated heterocycles. The van der Waals surface area contributed by atoms with Crippen molar-refractivity contribution >= 4 is 5.91 Å². The maximum Gasteiger partial charge on any atom is 0.240 e. The average molecular weight is 323 g/mol. The molecule has 2 N–H and O–H groups in total. The van der Waals surface area contributed by atoms with Crippen LogP contribution < -0.4 is 10.6 Å². The van der Waals surface area contributed by atoms with Gasteiger partial charge in [-0.1, -0.05) is 12.1 Å². The van der Waals surface area contributed by atoms with Crippen LogP contribution in [0.4, 0.5) is 4.39 Å². The second-order valence-electron chi connectivity index (χ2n) is 6.28. The number of carbonyl (C=O) groups excluding carboxylic acids is 1. The molecule has 0 aliphatic carbocycles. The van der Waals surface area contributed by atoms with Gasteiger partial charge in [-0.15, -0.1) is 0 Å². The summed E-state index contributed by atoms with van der Waals surface area (Å²) < 4.78 is 18.4. The summed E-state index contributed by atoms with van der Waals surface area (Å²) in [6, 6.07) is 6.15. The Kier molecular flexibility index (Phi) is 6.10. The van der Waals surface area contributed by atoms with Crippen LogP contribution in [0.5, 0.6) is 0 Å². The van der Waals surface area contributed by atoms with E-state index in [9.17, 15) is 9.18 Å². The maximum atomic E-state index is 13.0. The van der Waals surface area contributed by atoms with Gasteiger partial charge in [-0.25, -0.2) is 4.39 Å². The Morgan fingerprint density at radius 3 is 2.52 bits per heavy atom. The van der Waals surface area contributed by atoms with E-state index < -0.39 is 5.54 Å². The molecule has 0 radical (unpaired) electrons. The highest BCUT2D eigenvalue weighted by atomic mass is 19.1. The van der Waals surface area contributed by atoms with Crippen LogP contribution in [0.15, 0.2) is 24.3 Å². The normalized spacial score (nSPS) is 17.7. The van der Waals surface area contributed by atoms with Gasteiger partial charge in [-0.2, -0.15) is 0 Å². The van der Waals surface area contributed by atoms with Gasteiger partial charge in [0.05, 0.1) is 11.6 Å². The summed E-state index contributed by atoms with van der Waals surface area (Å²) in [7, 11) is 1.58. The van der Waals surface area contributed by atoms with Gasteiger partial charge in [0.15, 0.2) is 0 Å². The first kappa shape index (κ1) is 17.8. The van der Waals surface area contributed by atoms with Crippen molar-refractivity contribution in [2.45, 2.75) is 25.5 Å². The Hall–Kier alpha value is -1.50. The summed E-state index contributed by atoms with van der Waals surface area (Å²) in [4.78, 5) is 14.8. The van der Waals surface area contributed by atoms with Crippen molar-refractivity contribution in [1.29, 1.82) is 0 Å². The number of ether oxygens (including phenoxy) is 1. The van der Waals surface area contributed by atoms with Gasteiger partial charge in [0.1, 0.15) is 5.82 Å². The molecule has 2 rings (SSSR count). The third-order valence-corrected chi connectivity index (χ3v) is 4.44. The van der Waals surface area contributed by atoms with Crippen LogP contribution in [0, 0.1) is 5.82 Å². The summed E-state index contributed by atoms with van der Waals surface area (Å²) in [6.07, 6.45) is -0.293. The first-order valence-corrected chi connectivity index (χ1v) is 7.97. The fraction of sp³-hybridized carbons (Fsp3) is 0.588. The Morgan fingerprint density at radius 1 is 1.35 bits per heavy atom. The fourth-order valence-electron chi connectivity index (χ4n) is 2.78. The van der Waals surface area contributed by atoms with E-state index in [2.05, 4.69) is 15.5 Å². The third-order valence-electron chi connectivity index (χ3n) is 4.44. The van der Waals surface area contributed by atoms with Gasteiger partial charge in [0, 0.05) is 39.8 Å². The minimum absolute atomic E-state index is 0.0245. The molecule has 0 spiro atoms. The molecule has 1 fully saturated rings. The number of methoxy groups -OCH3 is 1. The van der Waals surface area contributed by atoms with Gasteiger partial charge >= 0.3 is 0 Å². The Labute approximate surface area is 137 Å². The molecular formula is C17H26FN3O2. The monoisotopic (exact) mass is 323 g/mol. The van der Waals surface area contributed by atoms with Crippen LogP contribution in [0.2, 0.25) is 0 Å². The number of benzene rings is 1. The summed E-state index contributed by atoms with van der Waals surface area (Å²) in [6.45, 7) is 7.73. The SMILES string of the molecule is CO[C@H](CNC(=O)C(C)(C)N1CCNCC1)c1ccc(F)cc1. The van der Waals surface area contributed by atoms with Crippen molar-refractivity contribution in [3.63, 3.8) is 0 Å². The van der Waals surface area contributed by atoms with E-state index in [1.165, 1.54) is 12.1 Å². The summed E-state index contributed by atoms with van der Waals surface area (Å²) in [5, 5.41) is 6.25. The molecule has 6 heteroatoms. The van der Waals surface area contributed by atoms with E-state index in [1.807, 2.05) is 13.8 Å². The van der Waals surface area contributed by atoms with Crippen molar-refractivity contribution in [3.8, 4) is 0 Å². The molecule has 128 valence electrons. The molecule has 5 nitrogen and oxygen atoms in total. The van der Waals surface area contributed by atoms with E-state index in [0.29, 0.717) is 6.54 Å². The molecular weight excluding hydrogens is 297 g/mol. The molecule has 23 heavy (non-hydrogen) atoms. The number of rotatable bonds is 6. The second kappa shape index (κ2) is 7.86. The van der Waals surface area contributed by atoms with Gasteiger partial charge < -0.3 is 15.4 Å². The molecule has 0 unspecified atom stereocenters. The van der Waals surface area contributed by atoms with Crippen molar-refractivity contribution in [2.75, 3.05) is 39.8 Å². The Morgan fingerprint density at radius 2 is 1.96 bits per heavy atom. The Bertz CT molecular complexity index is 513. The maximum absolute atomic E-state index is 13.0. The van der Waals surface area contributed by atoms with Crippen LogP contribution in [-0.2, 0) is 9.53 Å². The van der Waals surface area contributed by atoms with Gasteiger partial charge in [-0.3, -0.25) is 9.69 Å². The largest absolute Gasteiger partial charge is 0.375 e. The van der Waals surface area contributed by atoms with Gasteiger partial charge in [0.2, 0.25) is 5.91 Å². The van der Waals surface area contributed by atoms with E-state index in [4.69, 9.17) is 4.74 Å². The number of hydrogen-bond acceptors (Lipinski definition) is 4. The molecule has 1 atom stereocenters. The van der Waals surface area contributed by atoms with E-state index in [-0.39, 0.29) is 17.8 Å². The van der Waals surface area contributed by atoms with Crippen molar-refractivity contribution in [3.05, 3.63) is 35.6 Å². The topological polar surface area (TPSA) is 53.6 Å². The lowest BCUT2D eigenvalue weighted by Gasteiger charge is -2.40. The number of amides is 1. The molecule has 1 aromatic carbocycles. The third kappa shape index (κ3) is 4.50. The number of carbonyl (C=O) groups is 1. The van der Waals surface area contributed by atoms with Crippen LogP contribution in [0.25, 0.3) is 0 Å². The summed E-state index contributed by atoms with van der Waals surface area (Å²) >= 11 is 0. The zero-order chi connectivity index (χ0) is 16.9. The van der Waals surface area contributed by atoms with Crippen molar-refractivity contribution in [1.82, 2.24) is 15.5 Å². The highest BCUT2D eigenvalue weighted by Gasteiger charge is 2.35. The first-order chi connectivity index (χ1) is 10.9. The first-order valence-electron chi connectivity index (χ1n) is 7.97. The predicted octanol–water partition coefficient (Wildman–Crippen LogP) is 1.31. The van der Waals surface area contributed by atoms with Crippen molar-refractivity contribution in [2.24, 2.45) is 0 Å². The molecule has 1 aliphatic heterocycles. The fourth-order valence-corrected chi connectivity index (χ4v) is 2.78. The average Bonchev–Trinajstić information content (AvgIpc) is 2.57. The smallest absolute Gasteiger partial charge is 0.240 e. The molecule has 1 aromatic rings.